The number of benzene rings is 1. The summed E-state index contributed by atoms with van der Waals surface area (Å²) in [7, 11) is 5.30. The van der Waals surface area contributed by atoms with Crippen LogP contribution in [0.2, 0.25) is 0 Å². The zero-order valence-electron chi connectivity index (χ0n) is 10.5. The number of methoxy groups -OCH3 is 2. The first-order valence-corrected chi connectivity index (χ1v) is 5.56. The third kappa shape index (κ3) is 3.42. The van der Waals surface area contributed by atoms with Gasteiger partial charge < -0.3 is 14.8 Å². The second kappa shape index (κ2) is 6.38. The van der Waals surface area contributed by atoms with E-state index in [0.717, 1.165) is 24.5 Å². The van der Waals surface area contributed by atoms with Crippen molar-refractivity contribution in [2.45, 2.75) is 13.3 Å². The van der Waals surface area contributed by atoms with E-state index in [9.17, 15) is 0 Å². The van der Waals surface area contributed by atoms with Crippen LogP contribution in [0.25, 0.3) is 0 Å². The highest BCUT2D eigenvalue weighted by Gasteiger charge is 2.07. The fraction of sp³-hybridized carbons (Fsp3) is 0.538. The fourth-order valence-corrected chi connectivity index (χ4v) is 1.83. The van der Waals surface area contributed by atoms with Gasteiger partial charge in [-0.05, 0) is 43.6 Å². The Morgan fingerprint density at radius 2 is 1.88 bits per heavy atom. The van der Waals surface area contributed by atoms with Gasteiger partial charge in [-0.2, -0.15) is 0 Å². The lowest BCUT2D eigenvalue weighted by Gasteiger charge is -2.13. The highest BCUT2D eigenvalue weighted by molar-refractivity contribution is 5.42. The van der Waals surface area contributed by atoms with Crippen molar-refractivity contribution in [2.75, 3.05) is 27.8 Å². The lowest BCUT2D eigenvalue weighted by atomic mass is 10.0. The maximum Gasteiger partial charge on any atom is 0.160 e. The fourth-order valence-electron chi connectivity index (χ4n) is 1.83. The molecule has 1 atom stereocenters. The summed E-state index contributed by atoms with van der Waals surface area (Å²) in [5.74, 6) is 2.20. The van der Waals surface area contributed by atoms with Gasteiger partial charge >= 0.3 is 0 Å². The average molecular weight is 223 g/mol. The van der Waals surface area contributed by atoms with E-state index < -0.39 is 0 Å². The first-order chi connectivity index (χ1) is 7.71. The molecular weight excluding hydrogens is 202 g/mol. The van der Waals surface area contributed by atoms with Crippen molar-refractivity contribution < 1.29 is 9.47 Å². The third-order valence-electron chi connectivity index (χ3n) is 2.58. The van der Waals surface area contributed by atoms with E-state index in [1.54, 1.807) is 14.2 Å². The minimum absolute atomic E-state index is 0.614. The molecule has 0 bridgehead atoms. The molecule has 0 radical (unpaired) electrons. The molecule has 16 heavy (non-hydrogen) atoms. The molecule has 3 heteroatoms. The van der Waals surface area contributed by atoms with E-state index in [4.69, 9.17) is 9.47 Å². The quantitative estimate of drug-likeness (QED) is 0.801. The van der Waals surface area contributed by atoms with Crippen molar-refractivity contribution in [1.29, 1.82) is 0 Å². The first kappa shape index (κ1) is 12.8. The van der Waals surface area contributed by atoms with E-state index in [1.165, 1.54) is 5.56 Å². The predicted octanol–water partition coefficient (Wildman–Crippen LogP) is 2.10. The Hall–Kier alpha value is -1.22. The zero-order chi connectivity index (χ0) is 12.0. The van der Waals surface area contributed by atoms with Crippen LogP contribution in [0, 0.1) is 5.92 Å². The van der Waals surface area contributed by atoms with Gasteiger partial charge in [0, 0.05) is 0 Å². The van der Waals surface area contributed by atoms with Crippen LogP contribution in [0.1, 0.15) is 12.5 Å². The maximum absolute atomic E-state index is 5.28. The van der Waals surface area contributed by atoms with E-state index in [2.05, 4.69) is 18.3 Å². The molecule has 0 saturated carbocycles. The summed E-state index contributed by atoms with van der Waals surface area (Å²) >= 11 is 0. The van der Waals surface area contributed by atoms with Gasteiger partial charge in [-0.15, -0.1) is 0 Å². The van der Waals surface area contributed by atoms with Crippen molar-refractivity contribution in [3.8, 4) is 11.5 Å². The van der Waals surface area contributed by atoms with E-state index in [0.29, 0.717) is 5.92 Å². The molecule has 0 aromatic heterocycles. The molecule has 0 heterocycles. The molecule has 0 saturated heterocycles. The van der Waals surface area contributed by atoms with Crippen LogP contribution in [-0.4, -0.2) is 27.8 Å². The molecule has 1 aromatic rings. The molecule has 0 aliphatic carbocycles. The van der Waals surface area contributed by atoms with Crippen molar-refractivity contribution >= 4 is 0 Å². The van der Waals surface area contributed by atoms with Gasteiger partial charge in [0.25, 0.3) is 0 Å². The minimum Gasteiger partial charge on any atom is -0.493 e. The zero-order valence-corrected chi connectivity index (χ0v) is 10.5. The molecule has 0 spiro atoms. The molecule has 0 fully saturated rings. The number of nitrogens with one attached hydrogen (secondary N) is 1. The van der Waals surface area contributed by atoms with Crippen molar-refractivity contribution in [1.82, 2.24) is 5.32 Å². The standard InChI is InChI=1S/C13H21NO2/c1-10(9-14-2)7-11-5-6-12(15-3)13(8-11)16-4/h5-6,8,10,14H,7,9H2,1-4H3. The van der Waals surface area contributed by atoms with Gasteiger partial charge in [-0.3, -0.25) is 0 Å². The molecule has 1 unspecified atom stereocenters. The van der Waals surface area contributed by atoms with Crippen molar-refractivity contribution in [3.05, 3.63) is 23.8 Å². The summed E-state index contributed by atoms with van der Waals surface area (Å²) in [4.78, 5) is 0. The molecule has 0 aliphatic rings. The normalized spacial score (nSPS) is 12.2. The van der Waals surface area contributed by atoms with E-state index >= 15 is 0 Å². The van der Waals surface area contributed by atoms with Gasteiger partial charge in [-0.25, -0.2) is 0 Å². The topological polar surface area (TPSA) is 30.5 Å². The van der Waals surface area contributed by atoms with E-state index in [-0.39, 0.29) is 0 Å². The monoisotopic (exact) mass is 223 g/mol. The Bertz CT molecular complexity index is 326. The second-order valence-electron chi connectivity index (χ2n) is 4.06. The summed E-state index contributed by atoms with van der Waals surface area (Å²) in [5, 5.41) is 3.18. The smallest absolute Gasteiger partial charge is 0.160 e. The van der Waals surface area contributed by atoms with Crippen LogP contribution in [0.5, 0.6) is 11.5 Å². The Balaban J connectivity index is 2.74. The Kier molecular flexibility index (Phi) is 5.12. The number of rotatable bonds is 6. The molecule has 3 nitrogen and oxygen atoms in total. The van der Waals surface area contributed by atoms with Gasteiger partial charge in [-0.1, -0.05) is 13.0 Å². The highest BCUT2D eigenvalue weighted by Crippen LogP contribution is 2.28. The van der Waals surface area contributed by atoms with Crippen LogP contribution >= 0.6 is 0 Å². The average Bonchev–Trinajstić information content (AvgIpc) is 2.29. The number of hydrogen-bond acceptors (Lipinski definition) is 3. The third-order valence-corrected chi connectivity index (χ3v) is 2.58. The highest BCUT2D eigenvalue weighted by atomic mass is 16.5. The Morgan fingerprint density at radius 1 is 1.19 bits per heavy atom. The van der Waals surface area contributed by atoms with Crippen LogP contribution in [-0.2, 0) is 6.42 Å². The SMILES string of the molecule is CNCC(C)Cc1ccc(OC)c(OC)c1. The lowest BCUT2D eigenvalue weighted by Crippen LogP contribution is -2.17. The Labute approximate surface area is 97.8 Å². The van der Waals surface area contributed by atoms with Crippen LogP contribution in [0.4, 0.5) is 0 Å². The predicted molar refractivity (Wildman–Crippen MR) is 66.3 cm³/mol. The van der Waals surface area contributed by atoms with Crippen LogP contribution in [0.15, 0.2) is 18.2 Å². The van der Waals surface area contributed by atoms with Gasteiger partial charge in [0.1, 0.15) is 0 Å². The minimum atomic E-state index is 0.614. The largest absolute Gasteiger partial charge is 0.493 e. The lowest BCUT2D eigenvalue weighted by molar-refractivity contribution is 0.354. The summed E-state index contributed by atoms with van der Waals surface area (Å²) < 4.78 is 10.5. The van der Waals surface area contributed by atoms with Gasteiger partial charge in [0.15, 0.2) is 11.5 Å². The van der Waals surface area contributed by atoms with E-state index in [1.807, 2.05) is 19.2 Å². The molecule has 1 N–H and O–H groups in total. The summed E-state index contributed by atoms with van der Waals surface area (Å²) in [6.45, 7) is 3.25. The molecule has 1 aromatic carbocycles. The summed E-state index contributed by atoms with van der Waals surface area (Å²) in [6.07, 6.45) is 1.04. The summed E-state index contributed by atoms with van der Waals surface area (Å²) in [5.41, 5.74) is 1.28. The van der Waals surface area contributed by atoms with Crippen molar-refractivity contribution in [2.24, 2.45) is 5.92 Å². The van der Waals surface area contributed by atoms with Crippen LogP contribution < -0.4 is 14.8 Å². The maximum atomic E-state index is 5.28. The molecule has 90 valence electrons. The first-order valence-electron chi connectivity index (χ1n) is 5.56. The summed E-state index contributed by atoms with van der Waals surface area (Å²) in [6, 6.07) is 6.10. The van der Waals surface area contributed by atoms with Crippen molar-refractivity contribution in [3.63, 3.8) is 0 Å². The number of hydrogen-bond donors (Lipinski definition) is 1. The molecular formula is C13H21NO2. The van der Waals surface area contributed by atoms with Gasteiger partial charge in [0.2, 0.25) is 0 Å². The molecule has 0 aliphatic heterocycles. The Morgan fingerprint density at radius 3 is 2.44 bits per heavy atom. The molecule has 1 rings (SSSR count). The van der Waals surface area contributed by atoms with Crippen LogP contribution in [0.3, 0.4) is 0 Å². The second-order valence-corrected chi connectivity index (χ2v) is 4.06. The molecule has 0 amide bonds. The van der Waals surface area contributed by atoms with Gasteiger partial charge in [0.05, 0.1) is 14.2 Å². The number of ether oxygens (including phenoxy) is 2.